The molecular weight excluding hydrogens is 352 g/mol. The molecule has 3 nitrogen and oxygen atoms in total. The van der Waals surface area contributed by atoms with Crippen molar-refractivity contribution in [2.45, 2.75) is 25.9 Å². The predicted molar refractivity (Wildman–Crippen MR) is 96.1 cm³/mol. The van der Waals surface area contributed by atoms with Crippen LogP contribution in [-0.4, -0.2) is 23.9 Å². The van der Waals surface area contributed by atoms with Crippen LogP contribution < -0.4 is 5.32 Å². The predicted octanol–water partition coefficient (Wildman–Crippen LogP) is 3.68. The summed E-state index contributed by atoms with van der Waals surface area (Å²) in [4.78, 5) is 14.5. The molecular formula is C19H21BrN2O. The zero-order chi connectivity index (χ0) is 16.2. The fourth-order valence-electron chi connectivity index (χ4n) is 3.01. The highest BCUT2D eigenvalue weighted by Crippen LogP contribution is 2.19. The summed E-state index contributed by atoms with van der Waals surface area (Å²) in [6.07, 6.45) is 1.02. The lowest BCUT2D eigenvalue weighted by molar-refractivity contribution is -0.123. The lowest BCUT2D eigenvalue weighted by Gasteiger charge is -2.28. The minimum atomic E-state index is 0.0210. The number of halogens is 1. The van der Waals surface area contributed by atoms with Gasteiger partial charge in [-0.25, -0.2) is 0 Å². The molecule has 120 valence electrons. The van der Waals surface area contributed by atoms with Crippen molar-refractivity contribution >= 4 is 21.8 Å². The molecule has 0 fully saturated rings. The van der Waals surface area contributed by atoms with Gasteiger partial charge < -0.3 is 5.32 Å². The van der Waals surface area contributed by atoms with E-state index in [0.29, 0.717) is 6.54 Å². The molecule has 0 aliphatic carbocycles. The first kappa shape index (κ1) is 16.2. The Hall–Kier alpha value is -1.65. The van der Waals surface area contributed by atoms with E-state index in [1.807, 2.05) is 31.2 Å². The lowest BCUT2D eigenvalue weighted by atomic mass is 10.00. The summed E-state index contributed by atoms with van der Waals surface area (Å²) in [7, 11) is 0. The molecule has 1 amide bonds. The van der Waals surface area contributed by atoms with Crippen LogP contribution in [0.2, 0.25) is 0 Å². The highest BCUT2D eigenvalue weighted by Gasteiger charge is 2.19. The first-order chi connectivity index (χ1) is 11.1. The second-order valence-electron chi connectivity index (χ2n) is 6.07. The van der Waals surface area contributed by atoms with E-state index in [2.05, 4.69) is 50.4 Å². The molecule has 2 aromatic carbocycles. The van der Waals surface area contributed by atoms with Gasteiger partial charge in [0.1, 0.15) is 0 Å². The van der Waals surface area contributed by atoms with Crippen molar-refractivity contribution in [3.63, 3.8) is 0 Å². The Morgan fingerprint density at radius 3 is 2.61 bits per heavy atom. The van der Waals surface area contributed by atoms with Crippen LogP contribution in [0.4, 0.5) is 0 Å². The summed E-state index contributed by atoms with van der Waals surface area (Å²) in [6, 6.07) is 16.6. The zero-order valence-corrected chi connectivity index (χ0v) is 14.8. The average Bonchev–Trinajstić information content (AvgIpc) is 2.55. The van der Waals surface area contributed by atoms with Crippen molar-refractivity contribution in [2.24, 2.45) is 0 Å². The van der Waals surface area contributed by atoms with Gasteiger partial charge in [-0.15, -0.1) is 0 Å². The Labute approximate surface area is 145 Å². The Bertz CT molecular complexity index is 684. The minimum Gasteiger partial charge on any atom is -0.348 e. The summed E-state index contributed by atoms with van der Waals surface area (Å²) < 4.78 is 1.05. The lowest BCUT2D eigenvalue weighted by Crippen LogP contribution is -2.40. The number of carbonyl (C=O) groups is 1. The van der Waals surface area contributed by atoms with Crippen molar-refractivity contribution in [1.29, 1.82) is 0 Å². The second kappa shape index (κ2) is 7.28. The molecule has 0 unspecified atom stereocenters. The number of rotatable bonds is 4. The zero-order valence-electron chi connectivity index (χ0n) is 13.3. The normalized spacial score (nSPS) is 15.7. The van der Waals surface area contributed by atoms with E-state index in [0.717, 1.165) is 29.5 Å². The Kier molecular flexibility index (Phi) is 5.13. The monoisotopic (exact) mass is 372 g/mol. The van der Waals surface area contributed by atoms with Gasteiger partial charge >= 0.3 is 0 Å². The average molecular weight is 373 g/mol. The maximum Gasteiger partial charge on any atom is 0.234 e. The van der Waals surface area contributed by atoms with E-state index in [4.69, 9.17) is 0 Å². The summed E-state index contributed by atoms with van der Waals surface area (Å²) >= 11 is 3.43. The molecule has 1 aliphatic rings. The Balaban J connectivity index is 1.55. The van der Waals surface area contributed by atoms with Crippen LogP contribution in [0.25, 0.3) is 0 Å². The minimum absolute atomic E-state index is 0.0210. The van der Waals surface area contributed by atoms with Crippen LogP contribution in [0, 0.1) is 0 Å². The van der Waals surface area contributed by atoms with Gasteiger partial charge in [-0.05, 0) is 42.2 Å². The van der Waals surface area contributed by atoms with Crippen LogP contribution in [0.5, 0.6) is 0 Å². The van der Waals surface area contributed by atoms with Crippen LogP contribution in [0.3, 0.4) is 0 Å². The standard InChI is InChI=1S/C19H21BrN2O/c1-14(15-6-8-18(20)9-7-15)21-19(23)13-22-11-10-16-4-2-3-5-17(16)12-22/h2-9,14H,10-13H2,1H3,(H,21,23)/t14-/m1/s1. The molecule has 3 rings (SSSR count). The molecule has 0 saturated heterocycles. The van der Waals surface area contributed by atoms with Crippen LogP contribution in [0.1, 0.15) is 29.7 Å². The number of nitrogens with zero attached hydrogens (tertiary/aromatic N) is 1. The van der Waals surface area contributed by atoms with Crippen molar-refractivity contribution < 1.29 is 4.79 Å². The SMILES string of the molecule is C[C@@H](NC(=O)CN1CCc2ccccc2C1)c1ccc(Br)cc1. The number of carbonyl (C=O) groups excluding carboxylic acids is 1. The maximum atomic E-state index is 12.3. The first-order valence-corrected chi connectivity index (χ1v) is 8.75. The van der Waals surface area contributed by atoms with Gasteiger partial charge in [0, 0.05) is 17.6 Å². The number of hydrogen-bond acceptors (Lipinski definition) is 2. The molecule has 1 N–H and O–H groups in total. The largest absolute Gasteiger partial charge is 0.348 e. The molecule has 1 aliphatic heterocycles. The molecule has 2 aromatic rings. The smallest absolute Gasteiger partial charge is 0.234 e. The van der Waals surface area contributed by atoms with E-state index in [1.165, 1.54) is 11.1 Å². The third kappa shape index (κ3) is 4.21. The molecule has 0 aromatic heterocycles. The summed E-state index contributed by atoms with van der Waals surface area (Å²) in [5.41, 5.74) is 3.87. The molecule has 1 heterocycles. The molecule has 0 spiro atoms. The molecule has 23 heavy (non-hydrogen) atoms. The van der Waals surface area contributed by atoms with E-state index in [-0.39, 0.29) is 11.9 Å². The highest BCUT2D eigenvalue weighted by atomic mass is 79.9. The van der Waals surface area contributed by atoms with Crippen LogP contribution in [-0.2, 0) is 17.8 Å². The van der Waals surface area contributed by atoms with Crippen molar-refractivity contribution in [3.05, 3.63) is 69.7 Å². The summed E-state index contributed by atoms with van der Waals surface area (Å²) in [5, 5.41) is 3.09. The third-order valence-corrected chi connectivity index (χ3v) is 4.85. The van der Waals surface area contributed by atoms with Crippen LogP contribution in [0.15, 0.2) is 53.0 Å². The number of fused-ring (bicyclic) bond motifs is 1. The molecule has 1 atom stereocenters. The van der Waals surface area contributed by atoms with Crippen molar-refractivity contribution in [2.75, 3.05) is 13.1 Å². The summed E-state index contributed by atoms with van der Waals surface area (Å²) in [6.45, 7) is 4.27. The van der Waals surface area contributed by atoms with Crippen molar-refractivity contribution in [1.82, 2.24) is 10.2 Å². The molecule has 0 bridgehead atoms. The van der Waals surface area contributed by atoms with Gasteiger partial charge in [-0.3, -0.25) is 9.69 Å². The van der Waals surface area contributed by atoms with Gasteiger partial charge in [0.05, 0.1) is 12.6 Å². The number of benzene rings is 2. The maximum absolute atomic E-state index is 12.3. The van der Waals surface area contributed by atoms with Gasteiger partial charge in [0.15, 0.2) is 0 Å². The van der Waals surface area contributed by atoms with Crippen molar-refractivity contribution in [3.8, 4) is 0 Å². The number of hydrogen-bond donors (Lipinski definition) is 1. The molecule has 0 radical (unpaired) electrons. The Morgan fingerprint density at radius 2 is 1.87 bits per heavy atom. The fourth-order valence-corrected chi connectivity index (χ4v) is 3.28. The van der Waals surface area contributed by atoms with E-state index < -0.39 is 0 Å². The number of amides is 1. The fraction of sp³-hybridized carbons (Fsp3) is 0.316. The summed E-state index contributed by atoms with van der Waals surface area (Å²) in [5.74, 6) is 0.0831. The van der Waals surface area contributed by atoms with Gasteiger partial charge in [-0.2, -0.15) is 0 Å². The Morgan fingerprint density at radius 1 is 1.17 bits per heavy atom. The van der Waals surface area contributed by atoms with Gasteiger partial charge in [-0.1, -0.05) is 52.3 Å². The highest BCUT2D eigenvalue weighted by molar-refractivity contribution is 9.10. The van der Waals surface area contributed by atoms with Crippen LogP contribution >= 0.6 is 15.9 Å². The van der Waals surface area contributed by atoms with E-state index >= 15 is 0 Å². The topological polar surface area (TPSA) is 32.3 Å². The third-order valence-electron chi connectivity index (χ3n) is 4.32. The number of nitrogens with one attached hydrogen (secondary N) is 1. The van der Waals surface area contributed by atoms with E-state index in [9.17, 15) is 4.79 Å². The van der Waals surface area contributed by atoms with Gasteiger partial charge in [0.25, 0.3) is 0 Å². The second-order valence-corrected chi connectivity index (χ2v) is 6.99. The molecule has 0 saturated carbocycles. The van der Waals surface area contributed by atoms with Gasteiger partial charge in [0.2, 0.25) is 5.91 Å². The first-order valence-electron chi connectivity index (χ1n) is 7.96. The molecule has 4 heteroatoms. The quantitative estimate of drug-likeness (QED) is 0.887. The van der Waals surface area contributed by atoms with E-state index in [1.54, 1.807) is 0 Å².